The van der Waals surface area contributed by atoms with Gasteiger partial charge in [-0.15, -0.1) is 0 Å². The van der Waals surface area contributed by atoms with Gasteiger partial charge in [-0.25, -0.2) is 8.42 Å². The molecule has 0 atom stereocenters. The molecule has 1 N–H and O–H groups in total. The van der Waals surface area contributed by atoms with Gasteiger partial charge in [0.15, 0.2) is 0 Å². The van der Waals surface area contributed by atoms with Crippen molar-refractivity contribution in [3.05, 3.63) is 54.1 Å². The Kier molecular flexibility index (Phi) is 6.70. The van der Waals surface area contributed by atoms with Crippen LogP contribution in [0.25, 0.3) is 0 Å². The summed E-state index contributed by atoms with van der Waals surface area (Å²) in [7, 11) is -3.43. The zero-order valence-electron chi connectivity index (χ0n) is 16.1. The Bertz CT molecular complexity index is 887. The number of aryl methyl sites for hydroxylation is 1. The highest BCUT2D eigenvalue weighted by atomic mass is 32.2. The third-order valence-electron chi connectivity index (χ3n) is 4.77. The van der Waals surface area contributed by atoms with Crippen molar-refractivity contribution >= 4 is 21.6 Å². The Morgan fingerprint density at radius 3 is 2.29 bits per heavy atom. The van der Waals surface area contributed by atoms with E-state index in [0.717, 1.165) is 25.0 Å². The first kappa shape index (κ1) is 20.4. The van der Waals surface area contributed by atoms with Gasteiger partial charge in [-0.3, -0.25) is 4.79 Å². The van der Waals surface area contributed by atoms with Crippen molar-refractivity contribution in [2.24, 2.45) is 0 Å². The molecule has 1 fully saturated rings. The fourth-order valence-corrected chi connectivity index (χ4v) is 4.61. The number of nitrogens with zero attached hydrogens (tertiary/aromatic N) is 1. The van der Waals surface area contributed by atoms with E-state index in [9.17, 15) is 13.2 Å². The molecule has 2 aromatic rings. The van der Waals surface area contributed by atoms with Crippen LogP contribution in [0.15, 0.2) is 53.4 Å². The molecule has 0 unspecified atom stereocenters. The lowest BCUT2D eigenvalue weighted by Crippen LogP contribution is -2.27. The molecule has 1 heterocycles. The average Bonchev–Trinajstić information content (AvgIpc) is 3.25. The maximum atomic E-state index is 12.5. The molecule has 3 rings (SSSR count). The van der Waals surface area contributed by atoms with E-state index in [4.69, 9.17) is 4.74 Å². The molecule has 1 aliphatic heterocycles. The average molecular weight is 403 g/mol. The number of carbonyl (C=O) groups is 1. The van der Waals surface area contributed by atoms with Crippen LogP contribution >= 0.6 is 0 Å². The van der Waals surface area contributed by atoms with Gasteiger partial charge in [-0.05, 0) is 61.2 Å². The number of amides is 1. The summed E-state index contributed by atoms with van der Waals surface area (Å²) in [6, 6.07) is 14.1. The Morgan fingerprint density at radius 1 is 1.04 bits per heavy atom. The van der Waals surface area contributed by atoms with Crippen LogP contribution in [0.5, 0.6) is 5.75 Å². The fraction of sp³-hybridized carbons (Fsp3) is 0.381. The molecule has 1 aliphatic rings. The van der Waals surface area contributed by atoms with E-state index in [2.05, 4.69) is 12.2 Å². The van der Waals surface area contributed by atoms with Crippen molar-refractivity contribution in [1.82, 2.24) is 4.31 Å². The van der Waals surface area contributed by atoms with Crippen LogP contribution in [0.4, 0.5) is 5.69 Å². The Morgan fingerprint density at radius 2 is 1.68 bits per heavy atom. The first-order valence-electron chi connectivity index (χ1n) is 9.61. The van der Waals surface area contributed by atoms with E-state index >= 15 is 0 Å². The molecule has 1 amide bonds. The van der Waals surface area contributed by atoms with E-state index < -0.39 is 10.0 Å². The molecule has 150 valence electrons. The molecule has 6 nitrogen and oxygen atoms in total. The molecule has 2 aromatic carbocycles. The lowest BCUT2D eigenvalue weighted by Gasteiger charge is -2.15. The highest BCUT2D eigenvalue weighted by molar-refractivity contribution is 7.89. The van der Waals surface area contributed by atoms with E-state index in [1.54, 1.807) is 12.1 Å². The Labute approximate surface area is 166 Å². The first-order chi connectivity index (χ1) is 13.5. The summed E-state index contributed by atoms with van der Waals surface area (Å²) in [5, 5.41) is 2.77. The van der Waals surface area contributed by atoms with Crippen LogP contribution in [-0.4, -0.2) is 38.3 Å². The number of nitrogens with one attached hydrogen (secondary N) is 1. The topological polar surface area (TPSA) is 75.7 Å². The predicted octanol–water partition coefficient (Wildman–Crippen LogP) is 3.44. The second kappa shape index (κ2) is 9.21. The van der Waals surface area contributed by atoms with Gasteiger partial charge in [0, 0.05) is 18.8 Å². The molecular weight excluding hydrogens is 376 g/mol. The van der Waals surface area contributed by atoms with Crippen LogP contribution in [0.3, 0.4) is 0 Å². The van der Waals surface area contributed by atoms with Crippen LogP contribution in [-0.2, 0) is 21.2 Å². The minimum atomic E-state index is -3.43. The summed E-state index contributed by atoms with van der Waals surface area (Å²) in [4.78, 5) is 12.3. The zero-order valence-corrected chi connectivity index (χ0v) is 16.9. The van der Waals surface area contributed by atoms with Crippen molar-refractivity contribution < 1.29 is 17.9 Å². The summed E-state index contributed by atoms with van der Waals surface area (Å²) < 4.78 is 32.1. The third-order valence-corrected chi connectivity index (χ3v) is 6.68. The lowest BCUT2D eigenvalue weighted by atomic mass is 10.2. The van der Waals surface area contributed by atoms with E-state index in [1.165, 1.54) is 22.0 Å². The number of hydrogen-bond acceptors (Lipinski definition) is 4. The second-order valence-corrected chi connectivity index (χ2v) is 8.72. The standard InChI is InChI=1S/C21H26N2O4S/c1-2-17-5-9-19(10-6-17)27-16-13-21(24)22-18-7-11-20(12-8-18)28(25,26)23-14-3-4-15-23/h5-12H,2-4,13-16H2,1H3,(H,22,24). The molecule has 0 radical (unpaired) electrons. The van der Waals surface area contributed by atoms with Crippen LogP contribution < -0.4 is 10.1 Å². The van der Waals surface area contributed by atoms with Crippen molar-refractivity contribution in [2.45, 2.75) is 37.5 Å². The fourth-order valence-electron chi connectivity index (χ4n) is 3.09. The minimum Gasteiger partial charge on any atom is -0.493 e. The van der Waals surface area contributed by atoms with Gasteiger partial charge in [-0.2, -0.15) is 4.31 Å². The monoisotopic (exact) mass is 402 g/mol. The maximum absolute atomic E-state index is 12.5. The van der Waals surface area contributed by atoms with Gasteiger partial charge in [0.25, 0.3) is 0 Å². The summed E-state index contributed by atoms with van der Waals surface area (Å²) in [5.74, 6) is 0.557. The molecule has 7 heteroatoms. The van der Waals surface area contributed by atoms with E-state index in [0.29, 0.717) is 18.8 Å². The van der Waals surface area contributed by atoms with Crippen molar-refractivity contribution in [2.75, 3.05) is 25.0 Å². The summed E-state index contributed by atoms with van der Waals surface area (Å²) in [6.45, 7) is 3.51. The quantitative estimate of drug-likeness (QED) is 0.734. The van der Waals surface area contributed by atoms with Gasteiger partial charge >= 0.3 is 0 Å². The highest BCUT2D eigenvalue weighted by Gasteiger charge is 2.26. The van der Waals surface area contributed by atoms with Crippen molar-refractivity contribution in [3.63, 3.8) is 0 Å². The molecular formula is C21H26N2O4S. The van der Waals surface area contributed by atoms with Gasteiger partial charge in [0.1, 0.15) is 5.75 Å². The largest absolute Gasteiger partial charge is 0.493 e. The van der Waals surface area contributed by atoms with E-state index in [-0.39, 0.29) is 23.8 Å². The number of sulfonamides is 1. The van der Waals surface area contributed by atoms with Crippen LogP contribution in [0.2, 0.25) is 0 Å². The molecule has 0 saturated carbocycles. The minimum absolute atomic E-state index is 0.180. The van der Waals surface area contributed by atoms with Gasteiger partial charge in [0.2, 0.25) is 15.9 Å². The van der Waals surface area contributed by atoms with Crippen molar-refractivity contribution in [3.8, 4) is 5.75 Å². The Hall–Kier alpha value is -2.38. The highest BCUT2D eigenvalue weighted by Crippen LogP contribution is 2.22. The SMILES string of the molecule is CCc1ccc(OCCC(=O)Nc2ccc(S(=O)(=O)N3CCCC3)cc2)cc1. The Balaban J connectivity index is 1.48. The molecule has 28 heavy (non-hydrogen) atoms. The molecule has 0 aromatic heterocycles. The van der Waals surface area contributed by atoms with Gasteiger partial charge in [0.05, 0.1) is 17.9 Å². The van der Waals surface area contributed by atoms with Crippen LogP contribution in [0.1, 0.15) is 31.7 Å². The maximum Gasteiger partial charge on any atom is 0.243 e. The number of carbonyl (C=O) groups excluding carboxylic acids is 1. The zero-order chi connectivity index (χ0) is 20.0. The predicted molar refractivity (Wildman–Crippen MR) is 109 cm³/mol. The molecule has 0 spiro atoms. The van der Waals surface area contributed by atoms with Gasteiger partial charge < -0.3 is 10.1 Å². The summed E-state index contributed by atoms with van der Waals surface area (Å²) >= 11 is 0. The smallest absolute Gasteiger partial charge is 0.243 e. The van der Waals surface area contributed by atoms with Crippen molar-refractivity contribution in [1.29, 1.82) is 0 Å². The van der Waals surface area contributed by atoms with Crippen LogP contribution in [0, 0.1) is 0 Å². The number of rotatable bonds is 8. The molecule has 0 bridgehead atoms. The molecule has 0 aliphatic carbocycles. The van der Waals surface area contributed by atoms with E-state index in [1.807, 2.05) is 24.3 Å². The normalized spacial score (nSPS) is 14.8. The summed E-state index contributed by atoms with van der Waals surface area (Å²) in [6.07, 6.45) is 2.99. The third kappa shape index (κ3) is 5.11. The lowest BCUT2D eigenvalue weighted by molar-refractivity contribution is -0.116. The number of anilines is 1. The number of hydrogen-bond donors (Lipinski definition) is 1. The second-order valence-electron chi connectivity index (χ2n) is 6.78. The van der Waals surface area contributed by atoms with Gasteiger partial charge in [-0.1, -0.05) is 19.1 Å². The number of ether oxygens (including phenoxy) is 1. The first-order valence-corrected chi connectivity index (χ1v) is 11.0. The molecule has 1 saturated heterocycles. The summed E-state index contributed by atoms with van der Waals surface area (Å²) in [5.41, 5.74) is 1.80. The number of benzene rings is 2.